The Balaban J connectivity index is 1.96. The Morgan fingerprint density at radius 3 is 2.44 bits per heavy atom. The Hall–Kier alpha value is -1.60. The van der Waals surface area contributed by atoms with Crippen molar-refractivity contribution in [1.29, 1.82) is 0 Å². The van der Waals surface area contributed by atoms with Gasteiger partial charge < -0.3 is 9.47 Å². The summed E-state index contributed by atoms with van der Waals surface area (Å²) in [5.74, 6) is 0.650. The summed E-state index contributed by atoms with van der Waals surface area (Å²) < 4.78 is 37.9. The number of benzene rings is 2. The van der Waals surface area contributed by atoms with Crippen LogP contribution < -0.4 is 9.46 Å². The van der Waals surface area contributed by atoms with Crippen LogP contribution in [0.2, 0.25) is 5.02 Å². The summed E-state index contributed by atoms with van der Waals surface area (Å²) in [6.45, 7) is 3.03. The average molecular weight is 384 g/mol. The molecular formula is C18H22ClNO4S. The van der Waals surface area contributed by atoms with Crippen molar-refractivity contribution in [2.75, 3.05) is 26.9 Å². The van der Waals surface area contributed by atoms with E-state index in [4.69, 9.17) is 21.1 Å². The second-order valence-electron chi connectivity index (χ2n) is 5.54. The molecule has 2 aromatic rings. The van der Waals surface area contributed by atoms with Crippen LogP contribution in [0.1, 0.15) is 11.1 Å². The van der Waals surface area contributed by atoms with Gasteiger partial charge >= 0.3 is 0 Å². The fourth-order valence-corrected chi connectivity index (χ4v) is 3.49. The SMILES string of the molecule is COCCOc1ccc(S(=O)(=O)NCCc2ccc(Cl)cc2)cc1C. The predicted octanol–water partition coefficient (Wildman–Crippen LogP) is 3.19. The molecule has 0 atom stereocenters. The molecule has 0 unspecified atom stereocenters. The van der Waals surface area contributed by atoms with Crippen LogP contribution in [0.15, 0.2) is 47.4 Å². The van der Waals surface area contributed by atoms with E-state index in [1.807, 2.05) is 19.1 Å². The van der Waals surface area contributed by atoms with E-state index >= 15 is 0 Å². The molecule has 0 aliphatic carbocycles. The highest BCUT2D eigenvalue weighted by molar-refractivity contribution is 7.89. The van der Waals surface area contributed by atoms with Crippen molar-refractivity contribution in [2.24, 2.45) is 0 Å². The topological polar surface area (TPSA) is 64.6 Å². The second kappa shape index (κ2) is 9.20. The van der Waals surface area contributed by atoms with Crippen molar-refractivity contribution in [2.45, 2.75) is 18.2 Å². The molecule has 0 bridgehead atoms. The third-order valence-electron chi connectivity index (χ3n) is 3.62. The maximum Gasteiger partial charge on any atom is 0.240 e. The molecule has 0 fully saturated rings. The molecule has 5 nitrogen and oxygen atoms in total. The number of nitrogens with one attached hydrogen (secondary N) is 1. The molecule has 2 rings (SSSR count). The van der Waals surface area contributed by atoms with Gasteiger partial charge in [-0.3, -0.25) is 0 Å². The molecule has 0 radical (unpaired) electrons. The van der Waals surface area contributed by atoms with Gasteiger partial charge in [0.15, 0.2) is 0 Å². The molecular weight excluding hydrogens is 362 g/mol. The lowest BCUT2D eigenvalue weighted by Crippen LogP contribution is -2.26. The first-order chi connectivity index (χ1) is 11.9. The first-order valence-corrected chi connectivity index (χ1v) is 9.75. The van der Waals surface area contributed by atoms with Gasteiger partial charge in [-0.25, -0.2) is 13.1 Å². The third kappa shape index (κ3) is 6.01. The summed E-state index contributed by atoms with van der Waals surface area (Å²) in [7, 11) is -1.96. The van der Waals surface area contributed by atoms with Crippen LogP contribution in [-0.2, 0) is 21.2 Å². The summed E-state index contributed by atoms with van der Waals surface area (Å²) in [5, 5.41) is 0.660. The van der Waals surface area contributed by atoms with Crippen LogP contribution in [0.25, 0.3) is 0 Å². The fraction of sp³-hybridized carbons (Fsp3) is 0.333. The summed E-state index contributed by atoms with van der Waals surface area (Å²) in [5.41, 5.74) is 1.78. The van der Waals surface area contributed by atoms with Crippen LogP contribution in [0.4, 0.5) is 0 Å². The van der Waals surface area contributed by atoms with Gasteiger partial charge in [0.25, 0.3) is 0 Å². The average Bonchev–Trinajstić information content (AvgIpc) is 2.58. The predicted molar refractivity (Wildman–Crippen MR) is 98.9 cm³/mol. The lowest BCUT2D eigenvalue weighted by Gasteiger charge is -2.11. The summed E-state index contributed by atoms with van der Waals surface area (Å²) in [6.07, 6.45) is 0.591. The molecule has 0 saturated heterocycles. The molecule has 0 aliphatic rings. The van der Waals surface area contributed by atoms with Crippen molar-refractivity contribution in [3.8, 4) is 5.75 Å². The normalized spacial score (nSPS) is 11.5. The summed E-state index contributed by atoms with van der Waals surface area (Å²) in [4.78, 5) is 0.222. The Kier molecular flexibility index (Phi) is 7.25. The van der Waals surface area contributed by atoms with Crippen LogP contribution in [0.5, 0.6) is 5.75 Å². The molecule has 2 aromatic carbocycles. The monoisotopic (exact) mass is 383 g/mol. The van der Waals surface area contributed by atoms with Gasteiger partial charge in [0, 0.05) is 18.7 Å². The molecule has 136 valence electrons. The molecule has 0 amide bonds. The number of methoxy groups -OCH3 is 1. The van der Waals surface area contributed by atoms with Gasteiger partial charge in [-0.05, 0) is 54.8 Å². The minimum atomic E-state index is -3.56. The highest BCUT2D eigenvalue weighted by atomic mass is 35.5. The number of halogens is 1. The summed E-state index contributed by atoms with van der Waals surface area (Å²) >= 11 is 5.84. The van der Waals surface area contributed by atoms with E-state index in [-0.39, 0.29) is 4.90 Å². The highest BCUT2D eigenvalue weighted by Crippen LogP contribution is 2.21. The van der Waals surface area contributed by atoms with E-state index in [0.29, 0.717) is 37.0 Å². The number of sulfonamides is 1. The van der Waals surface area contributed by atoms with Gasteiger partial charge in [0.05, 0.1) is 11.5 Å². The minimum absolute atomic E-state index is 0.222. The van der Waals surface area contributed by atoms with Gasteiger partial charge in [-0.2, -0.15) is 0 Å². The van der Waals surface area contributed by atoms with Crippen molar-refractivity contribution in [3.63, 3.8) is 0 Å². The maximum atomic E-state index is 12.4. The molecule has 0 aliphatic heterocycles. The third-order valence-corrected chi connectivity index (χ3v) is 5.33. The Bertz CT molecular complexity index is 791. The van der Waals surface area contributed by atoms with Crippen molar-refractivity contribution >= 4 is 21.6 Å². The van der Waals surface area contributed by atoms with E-state index < -0.39 is 10.0 Å². The van der Waals surface area contributed by atoms with E-state index in [0.717, 1.165) is 11.1 Å². The highest BCUT2D eigenvalue weighted by Gasteiger charge is 2.15. The van der Waals surface area contributed by atoms with Crippen molar-refractivity contribution < 1.29 is 17.9 Å². The number of ether oxygens (including phenoxy) is 2. The lowest BCUT2D eigenvalue weighted by molar-refractivity contribution is 0.146. The van der Waals surface area contributed by atoms with Crippen LogP contribution in [0.3, 0.4) is 0 Å². The smallest absolute Gasteiger partial charge is 0.240 e. The first-order valence-electron chi connectivity index (χ1n) is 7.89. The standard InChI is InChI=1S/C18H22ClNO4S/c1-14-13-17(7-8-18(14)24-12-11-23-2)25(21,22)20-10-9-15-3-5-16(19)6-4-15/h3-8,13,20H,9-12H2,1-2H3. The Morgan fingerprint density at radius 1 is 1.08 bits per heavy atom. The molecule has 0 aromatic heterocycles. The Morgan fingerprint density at radius 2 is 1.80 bits per heavy atom. The van der Waals surface area contributed by atoms with Crippen LogP contribution in [-0.4, -0.2) is 35.3 Å². The number of rotatable bonds is 9. The van der Waals surface area contributed by atoms with E-state index in [1.165, 1.54) is 0 Å². The summed E-state index contributed by atoms with van der Waals surface area (Å²) in [6, 6.07) is 12.2. The molecule has 7 heteroatoms. The largest absolute Gasteiger partial charge is 0.491 e. The van der Waals surface area contributed by atoms with Crippen LogP contribution in [0, 0.1) is 6.92 Å². The molecule has 0 saturated carbocycles. The number of hydrogen-bond acceptors (Lipinski definition) is 4. The van der Waals surface area contributed by atoms with E-state index in [2.05, 4.69) is 4.72 Å². The zero-order valence-corrected chi connectivity index (χ0v) is 15.9. The molecule has 0 spiro atoms. The lowest BCUT2D eigenvalue weighted by atomic mass is 10.2. The number of aryl methyl sites for hydroxylation is 1. The molecule has 0 heterocycles. The van der Waals surface area contributed by atoms with Gasteiger partial charge in [0.2, 0.25) is 10.0 Å². The quantitative estimate of drug-likeness (QED) is 0.675. The van der Waals surface area contributed by atoms with Crippen LogP contribution >= 0.6 is 11.6 Å². The first kappa shape index (κ1) is 19.7. The Labute approximate surface area is 154 Å². The van der Waals surface area contributed by atoms with Crippen molar-refractivity contribution in [3.05, 3.63) is 58.6 Å². The molecule has 1 N–H and O–H groups in total. The van der Waals surface area contributed by atoms with Gasteiger partial charge in [-0.1, -0.05) is 23.7 Å². The minimum Gasteiger partial charge on any atom is -0.491 e. The van der Waals surface area contributed by atoms with Gasteiger partial charge in [0.1, 0.15) is 12.4 Å². The molecule has 25 heavy (non-hydrogen) atoms. The van der Waals surface area contributed by atoms with E-state index in [1.54, 1.807) is 37.4 Å². The van der Waals surface area contributed by atoms with Gasteiger partial charge in [-0.15, -0.1) is 0 Å². The maximum absolute atomic E-state index is 12.4. The second-order valence-corrected chi connectivity index (χ2v) is 7.75. The number of hydrogen-bond donors (Lipinski definition) is 1. The fourth-order valence-electron chi connectivity index (χ4n) is 2.25. The zero-order chi connectivity index (χ0) is 18.3. The van der Waals surface area contributed by atoms with Crippen molar-refractivity contribution in [1.82, 2.24) is 4.72 Å². The van der Waals surface area contributed by atoms with E-state index in [9.17, 15) is 8.42 Å². The zero-order valence-electron chi connectivity index (χ0n) is 14.3.